The average molecular weight is 223 g/mol. The molecule has 1 aliphatic rings. The van der Waals surface area contributed by atoms with Crippen molar-refractivity contribution in [2.75, 3.05) is 0 Å². The van der Waals surface area contributed by atoms with Crippen molar-refractivity contribution >= 4 is 0 Å². The average Bonchev–Trinajstić information content (AvgIpc) is 3.03. The molecule has 86 valence electrons. The summed E-state index contributed by atoms with van der Waals surface area (Å²) in [5.41, 5.74) is 2.95. The lowest BCUT2D eigenvalue weighted by atomic mass is 9.89. The zero-order valence-electron chi connectivity index (χ0n) is 10.1. The van der Waals surface area contributed by atoms with Crippen LogP contribution in [0, 0.1) is 0 Å². The van der Waals surface area contributed by atoms with Crippen LogP contribution in [0.1, 0.15) is 18.1 Å². The van der Waals surface area contributed by atoms with E-state index in [1.54, 1.807) is 0 Å². The maximum Gasteiger partial charge on any atom is 0.0631 e. The molecule has 2 atom stereocenters. The third-order valence-corrected chi connectivity index (χ3v) is 3.74. The van der Waals surface area contributed by atoms with Crippen molar-refractivity contribution in [3.8, 4) is 0 Å². The van der Waals surface area contributed by atoms with E-state index in [-0.39, 0.29) is 5.54 Å². The minimum Gasteiger partial charge on any atom is -0.301 e. The fourth-order valence-electron chi connectivity index (χ4n) is 2.64. The van der Waals surface area contributed by atoms with Crippen LogP contribution in [0.4, 0.5) is 0 Å². The van der Waals surface area contributed by atoms with Gasteiger partial charge < -0.3 is 5.32 Å². The molecule has 3 rings (SSSR count). The highest BCUT2D eigenvalue weighted by molar-refractivity contribution is 5.37. The summed E-state index contributed by atoms with van der Waals surface area (Å²) in [6.07, 6.45) is 1.07. The molecule has 0 aliphatic carbocycles. The molecule has 1 nitrogen and oxygen atoms in total. The molecule has 1 heteroatoms. The Morgan fingerprint density at radius 2 is 1.47 bits per heavy atom. The van der Waals surface area contributed by atoms with Crippen LogP contribution >= 0.6 is 0 Å². The molecule has 2 aromatic carbocycles. The molecule has 0 amide bonds. The number of hydrogen-bond acceptors (Lipinski definition) is 1. The first kappa shape index (κ1) is 10.5. The molecule has 1 N–H and O–H groups in total. The molecule has 17 heavy (non-hydrogen) atoms. The summed E-state index contributed by atoms with van der Waals surface area (Å²) in [5.74, 6) is 0. The second kappa shape index (κ2) is 4.01. The first-order valence-electron chi connectivity index (χ1n) is 6.18. The van der Waals surface area contributed by atoms with Gasteiger partial charge in [0, 0.05) is 6.04 Å². The lowest BCUT2D eigenvalue weighted by Gasteiger charge is -2.15. The Morgan fingerprint density at radius 1 is 0.941 bits per heavy atom. The highest BCUT2D eigenvalue weighted by Gasteiger charge is 2.51. The van der Waals surface area contributed by atoms with Crippen molar-refractivity contribution in [3.05, 3.63) is 71.8 Å². The van der Waals surface area contributed by atoms with Crippen molar-refractivity contribution in [3.63, 3.8) is 0 Å². The van der Waals surface area contributed by atoms with Crippen molar-refractivity contribution in [2.45, 2.75) is 24.9 Å². The molecule has 0 radical (unpaired) electrons. The minimum atomic E-state index is 0.155. The monoisotopic (exact) mass is 223 g/mol. The zero-order chi connectivity index (χ0) is 11.7. The van der Waals surface area contributed by atoms with E-state index in [1.807, 2.05) is 0 Å². The van der Waals surface area contributed by atoms with Gasteiger partial charge in [0.2, 0.25) is 0 Å². The third-order valence-electron chi connectivity index (χ3n) is 3.74. The van der Waals surface area contributed by atoms with Crippen LogP contribution in [-0.4, -0.2) is 6.04 Å². The van der Waals surface area contributed by atoms with Gasteiger partial charge in [0.05, 0.1) is 5.54 Å². The fraction of sp³-hybridized carbons (Fsp3) is 0.250. The first-order valence-corrected chi connectivity index (χ1v) is 6.18. The summed E-state index contributed by atoms with van der Waals surface area (Å²) in [6.45, 7) is 2.26. The van der Waals surface area contributed by atoms with Gasteiger partial charge in [-0.2, -0.15) is 0 Å². The number of benzene rings is 2. The van der Waals surface area contributed by atoms with Crippen LogP contribution in [-0.2, 0) is 12.0 Å². The lowest BCUT2D eigenvalue weighted by Crippen LogP contribution is -2.17. The Bertz CT molecular complexity index is 491. The SMILES string of the molecule is CC1NC1(Cc1ccccc1)c1ccccc1. The van der Waals surface area contributed by atoms with E-state index in [9.17, 15) is 0 Å². The molecule has 1 aliphatic heterocycles. The van der Waals surface area contributed by atoms with Gasteiger partial charge in [0.1, 0.15) is 0 Å². The third kappa shape index (κ3) is 1.87. The maximum absolute atomic E-state index is 3.61. The molecule has 1 saturated heterocycles. The molecule has 1 fully saturated rings. The molecule has 0 spiro atoms. The molecule has 0 saturated carbocycles. The highest BCUT2D eigenvalue weighted by atomic mass is 15.2. The fourth-order valence-corrected chi connectivity index (χ4v) is 2.64. The van der Waals surface area contributed by atoms with Crippen molar-refractivity contribution < 1.29 is 0 Å². The Kier molecular flexibility index (Phi) is 2.49. The van der Waals surface area contributed by atoms with Gasteiger partial charge in [-0.25, -0.2) is 0 Å². The molecular formula is C16H17N. The van der Waals surface area contributed by atoms with Crippen LogP contribution in [0.25, 0.3) is 0 Å². The van der Waals surface area contributed by atoms with Crippen LogP contribution < -0.4 is 5.32 Å². The Balaban J connectivity index is 1.90. The summed E-state index contributed by atoms with van der Waals surface area (Å²) in [4.78, 5) is 0. The lowest BCUT2D eigenvalue weighted by molar-refractivity contribution is 0.646. The van der Waals surface area contributed by atoms with E-state index < -0.39 is 0 Å². The van der Waals surface area contributed by atoms with E-state index >= 15 is 0 Å². The van der Waals surface area contributed by atoms with Gasteiger partial charge in [0.25, 0.3) is 0 Å². The van der Waals surface area contributed by atoms with Crippen LogP contribution in [0.2, 0.25) is 0 Å². The van der Waals surface area contributed by atoms with Crippen LogP contribution in [0.5, 0.6) is 0 Å². The largest absolute Gasteiger partial charge is 0.301 e. The minimum absolute atomic E-state index is 0.155. The molecule has 1 heterocycles. The van der Waals surface area contributed by atoms with Gasteiger partial charge in [-0.1, -0.05) is 60.7 Å². The Hall–Kier alpha value is -1.60. The summed E-state index contributed by atoms with van der Waals surface area (Å²) >= 11 is 0. The predicted octanol–water partition coefficient (Wildman–Crippen LogP) is 3.12. The Morgan fingerprint density at radius 3 is 2.00 bits per heavy atom. The molecule has 2 aromatic rings. The van der Waals surface area contributed by atoms with Gasteiger partial charge >= 0.3 is 0 Å². The van der Waals surface area contributed by atoms with Crippen molar-refractivity contribution in [2.24, 2.45) is 0 Å². The van der Waals surface area contributed by atoms with E-state index in [2.05, 4.69) is 72.9 Å². The smallest absolute Gasteiger partial charge is 0.0631 e. The second-order valence-corrected chi connectivity index (χ2v) is 4.87. The van der Waals surface area contributed by atoms with Crippen LogP contribution in [0.3, 0.4) is 0 Å². The molecule has 0 bridgehead atoms. The quantitative estimate of drug-likeness (QED) is 0.793. The first-order chi connectivity index (χ1) is 8.31. The van der Waals surface area contributed by atoms with Gasteiger partial charge in [-0.05, 0) is 24.5 Å². The van der Waals surface area contributed by atoms with E-state index in [4.69, 9.17) is 0 Å². The number of nitrogens with one attached hydrogen (secondary N) is 1. The normalized spacial score (nSPS) is 26.8. The summed E-state index contributed by atoms with van der Waals surface area (Å²) in [5, 5.41) is 3.61. The van der Waals surface area contributed by atoms with Gasteiger partial charge in [0.15, 0.2) is 0 Å². The highest BCUT2D eigenvalue weighted by Crippen LogP contribution is 2.40. The standard InChI is InChI=1S/C16H17N/c1-13-16(17-13,15-10-6-3-7-11-15)12-14-8-4-2-5-9-14/h2-11,13,17H,12H2,1H3. The van der Waals surface area contributed by atoms with Gasteiger partial charge in [-0.3, -0.25) is 0 Å². The molecular weight excluding hydrogens is 206 g/mol. The van der Waals surface area contributed by atoms with Gasteiger partial charge in [-0.15, -0.1) is 0 Å². The van der Waals surface area contributed by atoms with E-state index in [0.717, 1.165) is 6.42 Å². The Labute approximate surface area is 102 Å². The van der Waals surface area contributed by atoms with Crippen LogP contribution in [0.15, 0.2) is 60.7 Å². The topological polar surface area (TPSA) is 21.9 Å². The van der Waals surface area contributed by atoms with E-state index in [0.29, 0.717) is 6.04 Å². The maximum atomic E-state index is 3.61. The molecule has 2 unspecified atom stereocenters. The summed E-state index contributed by atoms with van der Waals surface area (Å²) < 4.78 is 0. The van der Waals surface area contributed by atoms with Crippen molar-refractivity contribution in [1.82, 2.24) is 5.32 Å². The molecule has 0 aromatic heterocycles. The number of hydrogen-bond donors (Lipinski definition) is 1. The predicted molar refractivity (Wildman–Crippen MR) is 70.9 cm³/mol. The van der Waals surface area contributed by atoms with E-state index in [1.165, 1.54) is 11.1 Å². The van der Waals surface area contributed by atoms with Crippen molar-refractivity contribution in [1.29, 1.82) is 0 Å². The second-order valence-electron chi connectivity index (χ2n) is 4.87. The zero-order valence-corrected chi connectivity index (χ0v) is 10.1. The summed E-state index contributed by atoms with van der Waals surface area (Å²) in [6, 6.07) is 22.0. The summed E-state index contributed by atoms with van der Waals surface area (Å²) in [7, 11) is 0. The number of rotatable bonds is 3.